The molecular weight excluding hydrogens is 271 g/mol. The maximum absolute atomic E-state index is 13.6. The minimum absolute atomic E-state index is 0.291. The number of halogens is 1. The number of nitrogens with zero attached hydrogens (tertiary/aromatic N) is 3. The SMILES string of the molecule is CCCCOc1cc(F)cc(C=Nn2cc(C)nc2N)c1. The number of nitrogen functional groups attached to an aromatic ring is 1. The van der Waals surface area contributed by atoms with Crippen LogP contribution in [0.5, 0.6) is 5.75 Å². The minimum atomic E-state index is -0.361. The van der Waals surface area contributed by atoms with E-state index >= 15 is 0 Å². The second kappa shape index (κ2) is 6.88. The molecule has 0 saturated carbocycles. The van der Waals surface area contributed by atoms with Crippen LogP contribution in [0.15, 0.2) is 29.5 Å². The summed E-state index contributed by atoms with van der Waals surface area (Å²) in [6.07, 6.45) is 5.19. The van der Waals surface area contributed by atoms with Crippen molar-refractivity contribution in [2.45, 2.75) is 26.7 Å². The summed E-state index contributed by atoms with van der Waals surface area (Å²) in [4.78, 5) is 4.04. The van der Waals surface area contributed by atoms with Crippen LogP contribution in [0.3, 0.4) is 0 Å². The smallest absolute Gasteiger partial charge is 0.221 e. The Labute approximate surface area is 123 Å². The molecule has 2 rings (SSSR count). The van der Waals surface area contributed by atoms with Crippen LogP contribution < -0.4 is 10.5 Å². The maximum atomic E-state index is 13.6. The van der Waals surface area contributed by atoms with E-state index in [1.54, 1.807) is 12.3 Å². The van der Waals surface area contributed by atoms with E-state index < -0.39 is 0 Å². The van der Waals surface area contributed by atoms with Crippen LogP contribution >= 0.6 is 0 Å². The first-order chi connectivity index (χ1) is 10.1. The monoisotopic (exact) mass is 290 g/mol. The highest BCUT2D eigenvalue weighted by Gasteiger charge is 2.02. The highest BCUT2D eigenvalue weighted by Crippen LogP contribution is 2.16. The van der Waals surface area contributed by atoms with Crippen molar-refractivity contribution in [3.63, 3.8) is 0 Å². The van der Waals surface area contributed by atoms with Gasteiger partial charge in [0, 0.05) is 11.6 Å². The molecule has 0 amide bonds. The number of nitrogens with two attached hydrogens (primary N) is 1. The van der Waals surface area contributed by atoms with Gasteiger partial charge >= 0.3 is 0 Å². The van der Waals surface area contributed by atoms with Gasteiger partial charge in [-0.05, 0) is 25.5 Å². The van der Waals surface area contributed by atoms with Gasteiger partial charge in [0.2, 0.25) is 5.95 Å². The normalized spacial score (nSPS) is 11.2. The Balaban J connectivity index is 2.14. The zero-order valence-corrected chi connectivity index (χ0v) is 12.2. The summed E-state index contributed by atoms with van der Waals surface area (Å²) in [7, 11) is 0. The van der Waals surface area contributed by atoms with Gasteiger partial charge in [-0.15, -0.1) is 0 Å². The van der Waals surface area contributed by atoms with E-state index in [-0.39, 0.29) is 5.82 Å². The first-order valence-corrected chi connectivity index (χ1v) is 6.87. The van der Waals surface area contributed by atoms with Crippen LogP contribution in [0.25, 0.3) is 0 Å². The molecular formula is C15H19FN4O. The van der Waals surface area contributed by atoms with E-state index in [0.717, 1.165) is 18.5 Å². The van der Waals surface area contributed by atoms with Crippen molar-refractivity contribution in [2.75, 3.05) is 12.3 Å². The van der Waals surface area contributed by atoms with E-state index in [1.807, 2.05) is 6.92 Å². The van der Waals surface area contributed by atoms with Crippen LogP contribution in [-0.2, 0) is 0 Å². The molecule has 2 aromatic rings. The molecule has 2 N–H and O–H groups in total. The molecule has 0 aliphatic carbocycles. The molecule has 112 valence electrons. The average molecular weight is 290 g/mol. The third kappa shape index (κ3) is 4.30. The third-order valence-electron chi connectivity index (χ3n) is 2.83. The highest BCUT2D eigenvalue weighted by atomic mass is 19.1. The van der Waals surface area contributed by atoms with E-state index in [1.165, 1.54) is 23.0 Å². The zero-order chi connectivity index (χ0) is 15.2. The number of ether oxygens (including phenoxy) is 1. The van der Waals surface area contributed by atoms with E-state index in [9.17, 15) is 4.39 Å². The Morgan fingerprint density at radius 1 is 1.43 bits per heavy atom. The molecule has 1 aromatic carbocycles. The molecule has 21 heavy (non-hydrogen) atoms. The molecule has 0 saturated heterocycles. The summed E-state index contributed by atoms with van der Waals surface area (Å²) in [5.41, 5.74) is 7.06. The summed E-state index contributed by atoms with van der Waals surface area (Å²) >= 11 is 0. The van der Waals surface area contributed by atoms with Crippen molar-refractivity contribution >= 4 is 12.2 Å². The first-order valence-electron chi connectivity index (χ1n) is 6.87. The lowest BCUT2D eigenvalue weighted by Crippen LogP contribution is -1.99. The number of rotatable bonds is 6. The van der Waals surface area contributed by atoms with Gasteiger partial charge in [-0.3, -0.25) is 0 Å². The second-order valence-corrected chi connectivity index (χ2v) is 4.75. The predicted octanol–water partition coefficient (Wildman–Crippen LogP) is 2.97. The number of benzene rings is 1. The fourth-order valence-corrected chi connectivity index (χ4v) is 1.80. The average Bonchev–Trinajstić information content (AvgIpc) is 2.74. The van der Waals surface area contributed by atoms with Gasteiger partial charge in [-0.25, -0.2) is 14.1 Å². The number of aromatic nitrogens is 2. The summed E-state index contributed by atoms with van der Waals surface area (Å²) in [5, 5.41) is 4.16. The Morgan fingerprint density at radius 3 is 2.90 bits per heavy atom. The van der Waals surface area contributed by atoms with Crippen LogP contribution in [0.1, 0.15) is 31.0 Å². The molecule has 0 atom stereocenters. The minimum Gasteiger partial charge on any atom is -0.493 e. The summed E-state index contributed by atoms with van der Waals surface area (Å²) in [6.45, 7) is 4.47. The van der Waals surface area contributed by atoms with E-state index in [4.69, 9.17) is 10.5 Å². The Bertz CT molecular complexity index is 637. The molecule has 0 aliphatic heterocycles. The van der Waals surface area contributed by atoms with Crippen molar-refractivity contribution < 1.29 is 9.13 Å². The lowest BCUT2D eigenvalue weighted by molar-refractivity contribution is 0.308. The van der Waals surface area contributed by atoms with Crippen molar-refractivity contribution in [3.05, 3.63) is 41.5 Å². The lowest BCUT2D eigenvalue weighted by atomic mass is 10.2. The molecule has 5 nitrogen and oxygen atoms in total. The van der Waals surface area contributed by atoms with Gasteiger partial charge in [0.15, 0.2) is 0 Å². The van der Waals surface area contributed by atoms with Crippen LogP contribution in [0, 0.1) is 12.7 Å². The number of anilines is 1. The molecule has 0 spiro atoms. The predicted molar refractivity (Wildman–Crippen MR) is 81.2 cm³/mol. The van der Waals surface area contributed by atoms with Crippen molar-refractivity contribution in [1.82, 2.24) is 9.66 Å². The fourth-order valence-electron chi connectivity index (χ4n) is 1.80. The van der Waals surface area contributed by atoms with Gasteiger partial charge in [-0.1, -0.05) is 13.3 Å². The lowest BCUT2D eigenvalue weighted by Gasteiger charge is -2.06. The Kier molecular flexibility index (Phi) is 4.92. The molecule has 0 bridgehead atoms. The topological polar surface area (TPSA) is 65.4 Å². The summed E-state index contributed by atoms with van der Waals surface area (Å²) < 4.78 is 20.5. The number of aryl methyl sites for hydroxylation is 1. The van der Waals surface area contributed by atoms with Crippen LogP contribution in [-0.4, -0.2) is 22.5 Å². The first kappa shape index (κ1) is 15.0. The maximum Gasteiger partial charge on any atom is 0.221 e. The van der Waals surface area contributed by atoms with Crippen LogP contribution in [0.2, 0.25) is 0 Å². The van der Waals surface area contributed by atoms with Crippen molar-refractivity contribution in [1.29, 1.82) is 0 Å². The van der Waals surface area contributed by atoms with E-state index in [2.05, 4.69) is 17.0 Å². The van der Waals surface area contributed by atoms with Crippen molar-refractivity contribution in [2.24, 2.45) is 5.10 Å². The van der Waals surface area contributed by atoms with Gasteiger partial charge in [0.1, 0.15) is 11.6 Å². The highest BCUT2D eigenvalue weighted by molar-refractivity contribution is 5.80. The molecule has 0 radical (unpaired) electrons. The standard InChI is InChI=1S/C15H19FN4O/c1-3-4-5-21-14-7-12(6-13(16)8-14)9-18-20-10-11(2)19-15(20)17/h6-10H,3-5H2,1-2H3,(H2,17,19). The summed E-state index contributed by atoms with van der Waals surface area (Å²) in [5.74, 6) is 0.430. The Hall–Kier alpha value is -2.37. The number of hydrogen-bond acceptors (Lipinski definition) is 4. The molecule has 0 unspecified atom stereocenters. The molecule has 6 heteroatoms. The van der Waals surface area contributed by atoms with Gasteiger partial charge in [0.25, 0.3) is 0 Å². The van der Waals surface area contributed by atoms with Gasteiger partial charge in [-0.2, -0.15) is 5.10 Å². The number of imidazole rings is 1. The quantitative estimate of drug-likeness (QED) is 0.657. The van der Waals surface area contributed by atoms with Gasteiger partial charge < -0.3 is 10.5 Å². The van der Waals surface area contributed by atoms with Gasteiger partial charge in [0.05, 0.1) is 24.7 Å². The fraction of sp³-hybridized carbons (Fsp3) is 0.333. The largest absolute Gasteiger partial charge is 0.493 e. The van der Waals surface area contributed by atoms with E-state index in [0.29, 0.717) is 23.9 Å². The van der Waals surface area contributed by atoms with Crippen molar-refractivity contribution in [3.8, 4) is 5.75 Å². The Morgan fingerprint density at radius 2 is 2.24 bits per heavy atom. The molecule has 0 fully saturated rings. The summed E-state index contributed by atoms with van der Waals surface area (Å²) in [6, 6.07) is 4.49. The third-order valence-corrected chi connectivity index (χ3v) is 2.83. The second-order valence-electron chi connectivity index (χ2n) is 4.75. The molecule has 1 aromatic heterocycles. The van der Waals surface area contributed by atoms with Crippen LogP contribution in [0.4, 0.5) is 10.3 Å². The number of hydrogen-bond donors (Lipinski definition) is 1. The molecule has 1 heterocycles. The number of unbranched alkanes of at least 4 members (excludes halogenated alkanes) is 1. The molecule has 0 aliphatic rings. The zero-order valence-electron chi connectivity index (χ0n) is 12.2.